The molecule has 2 N–H and O–H groups in total. The Hall–Kier alpha value is -2.14. The summed E-state index contributed by atoms with van der Waals surface area (Å²) in [5.41, 5.74) is 7.69. The van der Waals surface area contributed by atoms with Crippen molar-refractivity contribution in [1.82, 2.24) is 9.97 Å². The summed E-state index contributed by atoms with van der Waals surface area (Å²) in [5, 5.41) is 0. The van der Waals surface area contributed by atoms with Gasteiger partial charge in [0.25, 0.3) is 0 Å². The van der Waals surface area contributed by atoms with Crippen molar-refractivity contribution >= 4 is 0 Å². The van der Waals surface area contributed by atoms with Gasteiger partial charge in [-0.15, -0.1) is 0 Å². The fourth-order valence-corrected chi connectivity index (χ4v) is 2.61. The minimum absolute atomic E-state index is 0.386. The van der Waals surface area contributed by atoms with Crippen molar-refractivity contribution < 1.29 is 9.47 Å². The number of ether oxygens (including phenoxy) is 2. The highest BCUT2D eigenvalue weighted by Gasteiger charge is 2.22. The molecule has 0 saturated heterocycles. The van der Waals surface area contributed by atoms with Crippen LogP contribution in [0.15, 0.2) is 36.8 Å². The van der Waals surface area contributed by atoms with Crippen LogP contribution in [0.5, 0.6) is 11.5 Å². The maximum atomic E-state index is 6.28. The second-order valence-corrected chi connectivity index (χ2v) is 6.50. The van der Waals surface area contributed by atoms with E-state index < -0.39 is 0 Å². The van der Waals surface area contributed by atoms with Gasteiger partial charge < -0.3 is 15.2 Å². The van der Waals surface area contributed by atoms with Crippen LogP contribution in [0.3, 0.4) is 0 Å². The molecule has 0 saturated carbocycles. The third kappa shape index (κ3) is 4.93. The molecular formula is C18H25N3O2. The molecule has 2 aromatic heterocycles. The number of rotatable bonds is 7. The Morgan fingerprint density at radius 2 is 1.91 bits per heavy atom. The number of aromatic nitrogens is 2. The highest BCUT2D eigenvalue weighted by atomic mass is 16.5. The Bertz CT molecular complexity index is 627. The molecule has 0 spiro atoms. The van der Waals surface area contributed by atoms with Crippen molar-refractivity contribution in [2.45, 2.75) is 32.7 Å². The molecule has 0 bridgehead atoms. The summed E-state index contributed by atoms with van der Waals surface area (Å²) < 4.78 is 11.3. The molecule has 0 aromatic carbocycles. The van der Waals surface area contributed by atoms with E-state index in [0.717, 1.165) is 17.7 Å². The second-order valence-electron chi connectivity index (χ2n) is 6.50. The van der Waals surface area contributed by atoms with Crippen molar-refractivity contribution in [3.63, 3.8) is 0 Å². The van der Waals surface area contributed by atoms with Crippen molar-refractivity contribution in [3.8, 4) is 22.8 Å². The minimum Gasteiger partial charge on any atom is -0.493 e. The van der Waals surface area contributed by atoms with Crippen molar-refractivity contribution in [2.24, 2.45) is 11.7 Å². The summed E-state index contributed by atoms with van der Waals surface area (Å²) in [5.74, 6) is 1.76. The average Bonchev–Trinajstić information content (AvgIpc) is 2.52. The molecular weight excluding hydrogens is 290 g/mol. The molecule has 23 heavy (non-hydrogen) atoms. The van der Waals surface area contributed by atoms with Crippen LogP contribution in [0.1, 0.15) is 27.2 Å². The number of nitrogens with two attached hydrogens (primary N) is 1. The zero-order valence-electron chi connectivity index (χ0n) is 14.2. The molecule has 0 aliphatic carbocycles. The Kier molecular flexibility index (Phi) is 5.55. The predicted octanol–water partition coefficient (Wildman–Crippen LogP) is 3.29. The maximum absolute atomic E-state index is 6.28. The third-order valence-corrected chi connectivity index (χ3v) is 3.46. The summed E-state index contributed by atoms with van der Waals surface area (Å²) >= 11 is 0. The standard InChI is InChI=1S/C18H25N3O2/c1-13(2)10-18(3,19)12-23-17-11-21-15(9-16(17)22-4)14-5-7-20-8-6-14/h5-9,11,13H,10,12,19H2,1-4H3. The first-order valence-electron chi connectivity index (χ1n) is 7.77. The molecule has 5 nitrogen and oxygen atoms in total. The van der Waals surface area contributed by atoms with E-state index in [1.54, 1.807) is 25.7 Å². The van der Waals surface area contributed by atoms with Gasteiger partial charge in [-0.25, -0.2) is 0 Å². The van der Waals surface area contributed by atoms with E-state index in [-0.39, 0.29) is 5.54 Å². The van der Waals surface area contributed by atoms with Gasteiger partial charge >= 0.3 is 0 Å². The molecule has 0 fully saturated rings. The highest BCUT2D eigenvalue weighted by Crippen LogP contribution is 2.31. The van der Waals surface area contributed by atoms with Crippen molar-refractivity contribution in [1.29, 1.82) is 0 Å². The van der Waals surface area contributed by atoms with E-state index in [2.05, 4.69) is 23.8 Å². The Balaban J connectivity index is 2.14. The van der Waals surface area contributed by atoms with E-state index in [0.29, 0.717) is 24.0 Å². The smallest absolute Gasteiger partial charge is 0.179 e. The van der Waals surface area contributed by atoms with Crippen LogP contribution in [-0.2, 0) is 0 Å². The lowest BCUT2D eigenvalue weighted by Gasteiger charge is -2.27. The van der Waals surface area contributed by atoms with Crippen LogP contribution in [0.4, 0.5) is 0 Å². The number of methoxy groups -OCH3 is 1. The molecule has 5 heteroatoms. The molecule has 1 unspecified atom stereocenters. The topological polar surface area (TPSA) is 70.3 Å². The number of hydrogen-bond acceptors (Lipinski definition) is 5. The van der Waals surface area contributed by atoms with Crippen molar-refractivity contribution in [3.05, 3.63) is 36.8 Å². The van der Waals surface area contributed by atoms with Gasteiger partial charge in [0.05, 0.1) is 19.0 Å². The average molecular weight is 315 g/mol. The van der Waals surface area contributed by atoms with E-state index in [4.69, 9.17) is 15.2 Å². The lowest BCUT2D eigenvalue weighted by Crippen LogP contribution is -2.43. The monoisotopic (exact) mass is 315 g/mol. The summed E-state index contributed by atoms with van der Waals surface area (Å²) in [7, 11) is 1.62. The minimum atomic E-state index is -0.386. The van der Waals surface area contributed by atoms with Crippen LogP contribution in [0.2, 0.25) is 0 Å². The molecule has 0 aliphatic rings. The van der Waals surface area contributed by atoms with Gasteiger partial charge in [-0.1, -0.05) is 13.8 Å². The van der Waals surface area contributed by atoms with Crippen LogP contribution >= 0.6 is 0 Å². The highest BCUT2D eigenvalue weighted by molar-refractivity contribution is 5.61. The van der Waals surface area contributed by atoms with Gasteiger partial charge in [0.2, 0.25) is 0 Å². The van der Waals surface area contributed by atoms with Gasteiger partial charge in [0.15, 0.2) is 11.5 Å². The lowest BCUT2D eigenvalue weighted by atomic mass is 9.93. The quantitative estimate of drug-likeness (QED) is 0.849. The molecule has 124 valence electrons. The van der Waals surface area contributed by atoms with Crippen LogP contribution in [0, 0.1) is 5.92 Å². The SMILES string of the molecule is COc1cc(-c2ccncc2)ncc1OCC(C)(N)CC(C)C. The summed E-state index contributed by atoms with van der Waals surface area (Å²) in [6.45, 7) is 6.71. The van der Waals surface area contributed by atoms with Crippen LogP contribution in [-0.4, -0.2) is 29.2 Å². The fourth-order valence-electron chi connectivity index (χ4n) is 2.61. The first-order valence-corrected chi connectivity index (χ1v) is 7.77. The number of hydrogen-bond donors (Lipinski definition) is 1. The van der Waals surface area contributed by atoms with Crippen LogP contribution < -0.4 is 15.2 Å². The first-order chi connectivity index (χ1) is 10.9. The Labute approximate surface area is 137 Å². The zero-order chi connectivity index (χ0) is 16.9. The Morgan fingerprint density at radius 1 is 1.22 bits per heavy atom. The third-order valence-electron chi connectivity index (χ3n) is 3.46. The largest absolute Gasteiger partial charge is 0.493 e. The zero-order valence-corrected chi connectivity index (χ0v) is 14.2. The normalized spacial score (nSPS) is 13.7. The Morgan fingerprint density at radius 3 is 2.52 bits per heavy atom. The molecule has 0 radical (unpaired) electrons. The van der Waals surface area contributed by atoms with Gasteiger partial charge in [-0.3, -0.25) is 9.97 Å². The summed E-state index contributed by atoms with van der Waals surface area (Å²) in [6, 6.07) is 5.67. The predicted molar refractivity (Wildman–Crippen MR) is 91.6 cm³/mol. The summed E-state index contributed by atoms with van der Waals surface area (Å²) in [4.78, 5) is 8.46. The molecule has 1 atom stereocenters. The number of pyridine rings is 2. The maximum Gasteiger partial charge on any atom is 0.179 e. The molecule has 2 heterocycles. The molecule has 0 amide bonds. The van der Waals surface area contributed by atoms with Crippen molar-refractivity contribution in [2.75, 3.05) is 13.7 Å². The van der Waals surface area contributed by atoms with Gasteiger partial charge in [0, 0.05) is 29.6 Å². The summed E-state index contributed by atoms with van der Waals surface area (Å²) in [6.07, 6.45) is 6.04. The van der Waals surface area contributed by atoms with Gasteiger partial charge in [0.1, 0.15) is 6.61 Å². The fraction of sp³-hybridized carbons (Fsp3) is 0.444. The molecule has 2 rings (SSSR count). The first kappa shape index (κ1) is 17.2. The lowest BCUT2D eigenvalue weighted by molar-refractivity contribution is 0.200. The van der Waals surface area contributed by atoms with Gasteiger partial charge in [-0.2, -0.15) is 0 Å². The molecule has 0 aliphatic heterocycles. The number of nitrogens with zero attached hydrogens (tertiary/aromatic N) is 2. The van der Waals surface area contributed by atoms with E-state index in [1.165, 1.54) is 0 Å². The van der Waals surface area contributed by atoms with E-state index in [9.17, 15) is 0 Å². The van der Waals surface area contributed by atoms with E-state index in [1.807, 2.05) is 25.1 Å². The van der Waals surface area contributed by atoms with E-state index >= 15 is 0 Å². The molecule has 2 aromatic rings. The second kappa shape index (κ2) is 7.42. The van der Waals surface area contributed by atoms with Gasteiger partial charge in [-0.05, 0) is 31.4 Å². The van der Waals surface area contributed by atoms with Crippen LogP contribution in [0.25, 0.3) is 11.3 Å².